The van der Waals surface area contributed by atoms with Gasteiger partial charge in [-0.05, 0) is 30.2 Å². The number of hydrogen-bond acceptors (Lipinski definition) is 3. The largest absolute Gasteiger partial charge is 0.366 e. The lowest BCUT2D eigenvalue weighted by Gasteiger charge is -2.40. The van der Waals surface area contributed by atoms with Crippen LogP contribution in [0.5, 0.6) is 0 Å². The lowest BCUT2D eigenvalue weighted by Crippen LogP contribution is -2.47. The number of nitrogens with one attached hydrogen (secondary N) is 1. The van der Waals surface area contributed by atoms with Gasteiger partial charge in [0.25, 0.3) is 0 Å². The van der Waals surface area contributed by atoms with Crippen molar-refractivity contribution >= 4 is 17.4 Å². The van der Waals surface area contributed by atoms with E-state index in [-0.39, 0.29) is 0 Å². The third-order valence-electron chi connectivity index (χ3n) is 4.21. The molecule has 2 nitrogen and oxygen atoms in total. The Kier molecular flexibility index (Phi) is 3.53. The molecule has 1 aromatic carbocycles. The van der Waals surface area contributed by atoms with E-state index in [1.165, 1.54) is 24.2 Å². The fourth-order valence-electron chi connectivity index (χ4n) is 3.34. The van der Waals surface area contributed by atoms with Gasteiger partial charge in [0.05, 0.1) is 6.04 Å². The second-order valence-electron chi connectivity index (χ2n) is 5.59. The molecule has 3 heteroatoms. The Balaban J connectivity index is 1.92. The normalized spacial score (nSPS) is 31.4. The fraction of sp³-hybridized carbons (Fsp3) is 0.600. The molecule has 1 fully saturated rings. The van der Waals surface area contributed by atoms with E-state index in [0.717, 1.165) is 24.3 Å². The molecule has 3 atom stereocenters. The number of nitrogens with zero attached hydrogens (tertiary/aromatic N) is 1. The SMILES string of the molecule is CSC1CNCC1N1CC(C)Cc2ccccc21. The molecule has 0 amide bonds. The van der Waals surface area contributed by atoms with Crippen LogP contribution in [0.3, 0.4) is 0 Å². The van der Waals surface area contributed by atoms with E-state index in [0.29, 0.717) is 6.04 Å². The summed E-state index contributed by atoms with van der Waals surface area (Å²) < 4.78 is 0. The number of hydrogen-bond donors (Lipinski definition) is 1. The van der Waals surface area contributed by atoms with Crippen molar-refractivity contribution in [3.8, 4) is 0 Å². The van der Waals surface area contributed by atoms with Gasteiger partial charge in [0.15, 0.2) is 0 Å². The summed E-state index contributed by atoms with van der Waals surface area (Å²) in [5.41, 5.74) is 3.01. The minimum atomic E-state index is 0.656. The first-order valence-corrected chi connectivity index (χ1v) is 8.16. The van der Waals surface area contributed by atoms with Crippen LogP contribution >= 0.6 is 11.8 Å². The highest BCUT2D eigenvalue weighted by atomic mass is 32.2. The molecule has 0 bridgehead atoms. The molecule has 0 radical (unpaired) electrons. The number of para-hydroxylation sites is 1. The minimum absolute atomic E-state index is 0.656. The predicted molar refractivity (Wildman–Crippen MR) is 80.6 cm³/mol. The number of benzene rings is 1. The molecule has 1 N–H and O–H groups in total. The molecule has 3 unspecified atom stereocenters. The quantitative estimate of drug-likeness (QED) is 0.881. The van der Waals surface area contributed by atoms with Crippen molar-refractivity contribution in [1.82, 2.24) is 5.32 Å². The second kappa shape index (κ2) is 5.14. The van der Waals surface area contributed by atoms with E-state index in [4.69, 9.17) is 0 Å². The maximum absolute atomic E-state index is 3.55. The molecule has 2 heterocycles. The van der Waals surface area contributed by atoms with Crippen LogP contribution in [0.25, 0.3) is 0 Å². The van der Waals surface area contributed by atoms with Crippen molar-refractivity contribution < 1.29 is 0 Å². The van der Waals surface area contributed by atoms with Crippen LogP contribution in [-0.4, -0.2) is 37.2 Å². The minimum Gasteiger partial charge on any atom is -0.366 e. The molecule has 1 aromatic rings. The molecule has 18 heavy (non-hydrogen) atoms. The molecule has 0 aromatic heterocycles. The average Bonchev–Trinajstić information content (AvgIpc) is 2.85. The molecule has 2 aliphatic heterocycles. The van der Waals surface area contributed by atoms with Crippen LogP contribution in [0, 0.1) is 5.92 Å². The number of anilines is 1. The molecule has 2 aliphatic rings. The van der Waals surface area contributed by atoms with Crippen LogP contribution < -0.4 is 10.2 Å². The van der Waals surface area contributed by atoms with Gasteiger partial charge in [0.1, 0.15) is 0 Å². The molecule has 0 spiro atoms. The number of fused-ring (bicyclic) bond motifs is 1. The Morgan fingerprint density at radius 2 is 2.11 bits per heavy atom. The van der Waals surface area contributed by atoms with Gasteiger partial charge in [0, 0.05) is 30.6 Å². The monoisotopic (exact) mass is 262 g/mol. The number of rotatable bonds is 2. The fourth-order valence-corrected chi connectivity index (χ4v) is 4.19. The zero-order chi connectivity index (χ0) is 12.5. The standard InChI is InChI=1S/C15H22N2S/c1-11-7-12-5-3-4-6-13(12)17(10-11)14-8-16-9-15(14)18-2/h3-6,11,14-16H,7-10H2,1-2H3. The Bertz CT molecular complexity index is 421. The Labute approximate surface area is 114 Å². The van der Waals surface area contributed by atoms with Crippen LogP contribution in [-0.2, 0) is 6.42 Å². The average molecular weight is 262 g/mol. The summed E-state index contributed by atoms with van der Waals surface area (Å²) >= 11 is 2.01. The maximum atomic E-state index is 3.55. The third kappa shape index (κ3) is 2.14. The molecular formula is C15H22N2S. The summed E-state index contributed by atoms with van der Waals surface area (Å²) in [4.78, 5) is 2.66. The third-order valence-corrected chi connectivity index (χ3v) is 5.30. The zero-order valence-corrected chi connectivity index (χ0v) is 12.0. The molecular weight excluding hydrogens is 240 g/mol. The van der Waals surface area contributed by atoms with Crippen molar-refractivity contribution in [3.05, 3.63) is 29.8 Å². The van der Waals surface area contributed by atoms with Crippen LogP contribution in [0.4, 0.5) is 5.69 Å². The highest BCUT2D eigenvalue weighted by molar-refractivity contribution is 7.99. The van der Waals surface area contributed by atoms with Gasteiger partial charge in [-0.3, -0.25) is 0 Å². The van der Waals surface area contributed by atoms with E-state index in [9.17, 15) is 0 Å². The van der Waals surface area contributed by atoms with Gasteiger partial charge in [-0.15, -0.1) is 0 Å². The van der Waals surface area contributed by atoms with Crippen LogP contribution in [0.15, 0.2) is 24.3 Å². The first-order chi connectivity index (χ1) is 8.79. The summed E-state index contributed by atoms with van der Waals surface area (Å²) in [6.45, 7) is 5.87. The van der Waals surface area contributed by atoms with Crippen molar-refractivity contribution in [2.24, 2.45) is 5.92 Å². The Morgan fingerprint density at radius 1 is 1.28 bits per heavy atom. The summed E-state index contributed by atoms with van der Waals surface area (Å²) in [5, 5.41) is 4.28. The summed E-state index contributed by atoms with van der Waals surface area (Å²) in [7, 11) is 0. The summed E-state index contributed by atoms with van der Waals surface area (Å²) in [5.74, 6) is 0.767. The molecule has 0 saturated carbocycles. The van der Waals surface area contributed by atoms with Crippen molar-refractivity contribution in [3.63, 3.8) is 0 Å². The van der Waals surface area contributed by atoms with Gasteiger partial charge >= 0.3 is 0 Å². The molecule has 98 valence electrons. The second-order valence-corrected chi connectivity index (χ2v) is 6.67. The van der Waals surface area contributed by atoms with Crippen molar-refractivity contribution in [2.75, 3.05) is 30.8 Å². The van der Waals surface area contributed by atoms with E-state index in [1.807, 2.05) is 11.8 Å². The first-order valence-electron chi connectivity index (χ1n) is 6.87. The highest BCUT2D eigenvalue weighted by Gasteiger charge is 2.34. The molecule has 0 aliphatic carbocycles. The number of thioether (sulfide) groups is 1. The van der Waals surface area contributed by atoms with Gasteiger partial charge in [-0.25, -0.2) is 0 Å². The zero-order valence-electron chi connectivity index (χ0n) is 11.2. The lowest BCUT2D eigenvalue weighted by molar-refractivity contribution is 0.495. The van der Waals surface area contributed by atoms with Gasteiger partial charge in [0.2, 0.25) is 0 Å². The Hall–Kier alpha value is -0.670. The van der Waals surface area contributed by atoms with E-state index >= 15 is 0 Å². The van der Waals surface area contributed by atoms with Gasteiger partial charge in [-0.2, -0.15) is 11.8 Å². The first kappa shape index (κ1) is 12.4. The maximum Gasteiger partial charge on any atom is 0.0545 e. The lowest BCUT2D eigenvalue weighted by atomic mass is 9.92. The topological polar surface area (TPSA) is 15.3 Å². The van der Waals surface area contributed by atoms with Crippen LogP contribution in [0.1, 0.15) is 12.5 Å². The smallest absolute Gasteiger partial charge is 0.0545 e. The van der Waals surface area contributed by atoms with Gasteiger partial charge in [-0.1, -0.05) is 25.1 Å². The predicted octanol–water partition coefficient (Wildman–Crippen LogP) is 2.39. The van der Waals surface area contributed by atoms with Crippen LogP contribution in [0.2, 0.25) is 0 Å². The van der Waals surface area contributed by atoms with Crippen molar-refractivity contribution in [1.29, 1.82) is 0 Å². The molecule has 1 saturated heterocycles. The van der Waals surface area contributed by atoms with Gasteiger partial charge < -0.3 is 10.2 Å². The van der Waals surface area contributed by atoms with Crippen molar-refractivity contribution in [2.45, 2.75) is 24.6 Å². The summed E-state index contributed by atoms with van der Waals surface area (Å²) in [6.07, 6.45) is 3.47. The molecule has 3 rings (SSSR count). The van der Waals surface area contributed by atoms with E-state index in [2.05, 4.69) is 47.7 Å². The Morgan fingerprint density at radius 3 is 2.94 bits per heavy atom. The summed E-state index contributed by atoms with van der Waals surface area (Å²) in [6, 6.07) is 9.61. The highest BCUT2D eigenvalue weighted by Crippen LogP contribution is 2.34. The van der Waals surface area contributed by atoms with E-state index < -0.39 is 0 Å². The van der Waals surface area contributed by atoms with E-state index in [1.54, 1.807) is 0 Å².